The van der Waals surface area contributed by atoms with Crippen LogP contribution in [0.15, 0.2) is 12.3 Å². The summed E-state index contributed by atoms with van der Waals surface area (Å²) in [5.41, 5.74) is 3.82. The van der Waals surface area contributed by atoms with E-state index in [-0.39, 0.29) is 6.04 Å². The SMILES string of the molecule is CCC(CC)n1ccc(CC(COCCOC)NN)n1. The van der Waals surface area contributed by atoms with Gasteiger partial charge in [-0.2, -0.15) is 5.10 Å². The van der Waals surface area contributed by atoms with Gasteiger partial charge in [0, 0.05) is 19.7 Å². The lowest BCUT2D eigenvalue weighted by Crippen LogP contribution is -2.40. The van der Waals surface area contributed by atoms with Crippen molar-refractivity contribution in [3.63, 3.8) is 0 Å². The number of nitrogens with one attached hydrogen (secondary N) is 1. The number of nitrogens with zero attached hydrogens (tertiary/aromatic N) is 2. The van der Waals surface area contributed by atoms with Crippen LogP contribution in [0.4, 0.5) is 0 Å². The second-order valence-electron chi connectivity index (χ2n) is 4.89. The van der Waals surface area contributed by atoms with Gasteiger partial charge < -0.3 is 9.47 Å². The number of hydrazine groups is 1. The van der Waals surface area contributed by atoms with Crippen molar-refractivity contribution < 1.29 is 9.47 Å². The van der Waals surface area contributed by atoms with Crippen molar-refractivity contribution >= 4 is 0 Å². The van der Waals surface area contributed by atoms with Crippen molar-refractivity contribution in [2.24, 2.45) is 5.84 Å². The topological polar surface area (TPSA) is 74.3 Å². The fourth-order valence-electron chi connectivity index (χ4n) is 2.14. The number of ether oxygens (including phenoxy) is 2. The Kier molecular flexibility index (Phi) is 8.45. The minimum Gasteiger partial charge on any atom is -0.382 e. The van der Waals surface area contributed by atoms with Crippen molar-refractivity contribution in [2.75, 3.05) is 26.9 Å². The predicted octanol–water partition coefficient (Wildman–Crippen LogP) is 1.28. The molecule has 0 aromatic carbocycles. The first-order chi connectivity index (χ1) is 9.74. The molecule has 1 unspecified atom stereocenters. The largest absolute Gasteiger partial charge is 0.382 e. The summed E-state index contributed by atoms with van der Waals surface area (Å²) in [7, 11) is 1.66. The molecule has 6 heteroatoms. The zero-order chi connectivity index (χ0) is 14.8. The Morgan fingerprint density at radius 3 is 2.70 bits per heavy atom. The van der Waals surface area contributed by atoms with Crippen molar-refractivity contribution in [3.8, 4) is 0 Å². The molecule has 1 heterocycles. The zero-order valence-electron chi connectivity index (χ0n) is 12.8. The van der Waals surface area contributed by atoms with Gasteiger partial charge in [0.25, 0.3) is 0 Å². The monoisotopic (exact) mass is 284 g/mol. The summed E-state index contributed by atoms with van der Waals surface area (Å²) in [4.78, 5) is 0. The van der Waals surface area contributed by atoms with E-state index in [9.17, 15) is 0 Å². The molecule has 1 aromatic heterocycles. The second-order valence-corrected chi connectivity index (χ2v) is 4.89. The molecule has 0 aliphatic heterocycles. The maximum absolute atomic E-state index is 5.56. The summed E-state index contributed by atoms with van der Waals surface area (Å²) >= 11 is 0. The van der Waals surface area contributed by atoms with E-state index in [1.54, 1.807) is 7.11 Å². The van der Waals surface area contributed by atoms with Gasteiger partial charge in [0.05, 0.1) is 37.6 Å². The number of nitrogens with two attached hydrogens (primary N) is 1. The fourth-order valence-corrected chi connectivity index (χ4v) is 2.14. The minimum atomic E-state index is 0.0666. The van der Waals surface area contributed by atoms with Gasteiger partial charge in [-0.05, 0) is 18.9 Å². The van der Waals surface area contributed by atoms with Crippen LogP contribution in [-0.2, 0) is 15.9 Å². The molecule has 0 saturated carbocycles. The van der Waals surface area contributed by atoms with E-state index in [2.05, 4.69) is 35.1 Å². The third-order valence-electron chi connectivity index (χ3n) is 3.42. The number of aromatic nitrogens is 2. The van der Waals surface area contributed by atoms with E-state index in [0.29, 0.717) is 25.9 Å². The van der Waals surface area contributed by atoms with Crippen LogP contribution in [0.2, 0.25) is 0 Å². The minimum absolute atomic E-state index is 0.0666. The van der Waals surface area contributed by atoms with Crippen LogP contribution in [-0.4, -0.2) is 42.8 Å². The summed E-state index contributed by atoms with van der Waals surface area (Å²) in [6, 6.07) is 2.60. The first-order valence-electron chi connectivity index (χ1n) is 7.31. The van der Waals surface area contributed by atoms with Crippen LogP contribution >= 0.6 is 0 Å². The Bertz CT molecular complexity index is 353. The average Bonchev–Trinajstić information content (AvgIpc) is 2.92. The van der Waals surface area contributed by atoms with Crippen LogP contribution in [0.3, 0.4) is 0 Å². The normalized spacial score (nSPS) is 13.1. The second kappa shape index (κ2) is 9.88. The highest BCUT2D eigenvalue weighted by Crippen LogP contribution is 2.14. The lowest BCUT2D eigenvalue weighted by Gasteiger charge is -2.15. The Morgan fingerprint density at radius 1 is 1.35 bits per heavy atom. The Hall–Kier alpha value is -0.950. The molecule has 0 aliphatic carbocycles. The maximum atomic E-state index is 5.56. The van der Waals surface area contributed by atoms with Crippen LogP contribution < -0.4 is 11.3 Å². The van der Waals surface area contributed by atoms with Crippen LogP contribution in [0, 0.1) is 0 Å². The molecule has 6 nitrogen and oxygen atoms in total. The Labute approximate surface area is 121 Å². The first-order valence-corrected chi connectivity index (χ1v) is 7.31. The molecule has 1 rings (SSSR count). The van der Waals surface area contributed by atoms with Gasteiger partial charge in [-0.1, -0.05) is 13.8 Å². The molecule has 0 amide bonds. The van der Waals surface area contributed by atoms with E-state index < -0.39 is 0 Å². The van der Waals surface area contributed by atoms with Gasteiger partial charge in [0.2, 0.25) is 0 Å². The molecule has 0 aliphatic rings. The molecular formula is C14H28N4O2. The van der Waals surface area contributed by atoms with Crippen LogP contribution in [0.5, 0.6) is 0 Å². The summed E-state index contributed by atoms with van der Waals surface area (Å²) in [5.74, 6) is 5.56. The zero-order valence-corrected chi connectivity index (χ0v) is 12.8. The molecule has 0 fully saturated rings. The van der Waals surface area contributed by atoms with E-state index in [1.165, 1.54) is 0 Å². The molecular weight excluding hydrogens is 256 g/mol. The standard InChI is InChI=1S/C14H28N4O2/c1-4-14(5-2)18-7-6-12(17-18)10-13(16-15)11-20-9-8-19-3/h6-7,13-14,16H,4-5,8-11,15H2,1-3H3. The van der Waals surface area contributed by atoms with Gasteiger partial charge in [-0.15, -0.1) is 0 Å². The van der Waals surface area contributed by atoms with Gasteiger partial charge in [-0.25, -0.2) is 0 Å². The van der Waals surface area contributed by atoms with Crippen molar-refractivity contribution in [1.29, 1.82) is 0 Å². The van der Waals surface area contributed by atoms with Crippen LogP contribution in [0.25, 0.3) is 0 Å². The molecule has 1 atom stereocenters. The highest BCUT2D eigenvalue weighted by atomic mass is 16.5. The average molecular weight is 284 g/mol. The first kappa shape index (κ1) is 17.1. The smallest absolute Gasteiger partial charge is 0.0701 e. The lowest BCUT2D eigenvalue weighted by atomic mass is 10.2. The summed E-state index contributed by atoms with van der Waals surface area (Å²) in [6.45, 7) is 6.10. The highest BCUT2D eigenvalue weighted by molar-refractivity contribution is 5.02. The van der Waals surface area contributed by atoms with Crippen molar-refractivity contribution in [3.05, 3.63) is 18.0 Å². The number of hydrogen-bond donors (Lipinski definition) is 2. The maximum Gasteiger partial charge on any atom is 0.0701 e. The summed E-state index contributed by atoms with van der Waals surface area (Å²) in [6.07, 6.45) is 5.00. The number of rotatable bonds is 11. The predicted molar refractivity (Wildman–Crippen MR) is 79.4 cm³/mol. The van der Waals surface area contributed by atoms with Gasteiger partial charge >= 0.3 is 0 Å². The summed E-state index contributed by atoms with van der Waals surface area (Å²) in [5, 5.41) is 4.63. The molecule has 0 saturated heterocycles. The van der Waals surface area contributed by atoms with E-state index in [0.717, 1.165) is 25.0 Å². The molecule has 20 heavy (non-hydrogen) atoms. The molecule has 0 radical (unpaired) electrons. The van der Waals surface area contributed by atoms with E-state index in [1.807, 2.05) is 6.20 Å². The lowest BCUT2D eigenvalue weighted by molar-refractivity contribution is 0.0586. The third-order valence-corrected chi connectivity index (χ3v) is 3.42. The van der Waals surface area contributed by atoms with Crippen molar-refractivity contribution in [2.45, 2.75) is 45.2 Å². The van der Waals surface area contributed by atoms with Gasteiger partial charge in [0.15, 0.2) is 0 Å². The summed E-state index contributed by atoms with van der Waals surface area (Å²) < 4.78 is 12.5. The van der Waals surface area contributed by atoms with Gasteiger partial charge in [0.1, 0.15) is 0 Å². The highest BCUT2D eigenvalue weighted by Gasteiger charge is 2.12. The number of hydrogen-bond acceptors (Lipinski definition) is 5. The van der Waals surface area contributed by atoms with Crippen molar-refractivity contribution in [1.82, 2.24) is 15.2 Å². The Balaban J connectivity index is 2.44. The van der Waals surface area contributed by atoms with Gasteiger partial charge in [-0.3, -0.25) is 16.0 Å². The fraction of sp³-hybridized carbons (Fsp3) is 0.786. The van der Waals surface area contributed by atoms with Crippen LogP contribution in [0.1, 0.15) is 38.4 Å². The molecule has 0 spiro atoms. The molecule has 3 N–H and O–H groups in total. The molecule has 0 bridgehead atoms. The third kappa shape index (κ3) is 5.58. The molecule has 116 valence electrons. The molecule has 1 aromatic rings. The quantitative estimate of drug-likeness (QED) is 0.364. The van der Waals surface area contributed by atoms with E-state index >= 15 is 0 Å². The Morgan fingerprint density at radius 2 is 2.10 bits per heavy atom. The number of methoxy groups -OCH3 is 1. The van der Waals surface area contributed by atoms with E-state index in [4.69, 9.17) is 15.3 Å².